The number of hydrogen-bond donors (Lipinski definition) is 3. The predicted molar refractivity (Wildman–Crippen MR) is 96.2 cm³/mol. The molecule has 0 radical (unpaired) electrons. The van der Waals surface area contributed by atoms with Crippen LogP contribution in [0.5, 0.6) is 11.5 Å². The fraction of sp³-hybridized carbons (Fsp3) is 0.438. The van der Waals surface area contributed by atoms with Gasteiger partial charge >= 0.3 is 5.97 Å². The summed E-state index contributed by atoms with van der Waals surface area (Å²) in [6, 6.07) is 4.93. The van der Waals surface area contributed by atoms with Gasteiger partial charge in [-0.2, -0.15) is 5.10 Å². The molecule has 24 heavy (non-hydrogen) atoms. The van der Waals surface area contributed by atoms with Crippen molar-refractivity contribution in [3.8, 4) is 11.5 Å². The number of phenols is 1. The van der Waals surface area contributed by atoms with Crippen LogP contribution in [0.2, 0.25) is 0 Å². The van der Waals surface area contributed by atoms with Crippen LogP contribution in [0, 0.1) is 0 Å². The second-order valence-corrected chi connectivity index (χ2v) is 5.36. The largest absolute Gasteiger partial charge is 0.507 e. The SMILES string of the molecule is CCOC(=O)CCCCCOc1ccc(/C=N/NC(N)=S)c(O)c1. The number of hydrogen-bond acceptors (Lipinski definition) is 6. The van der Waals surface area contributed by atoms with E-state index in [0.29, 0.717) is 30.9 Å². The zero-order valence-corrected chi connectivity index (χ0v) is 14.5. The zero-order chi connectivity index (χ0) is 17.8. The van der Waals surface area contributed by atoms with Crippen molar-refractivity contribution in [2.75, 3.05) is 13.2 Å². The van der Waals surface area contributed by atoms with Crippen molar-refractivity contribution in [2.24, 2.45) is 10.8 Å². The highest BCUT2D eigenvalue weighted by Crippen LogP contribution is 2.22. The van der Waals surface area contributed by atoms with Gasteiger partial charge in [-0.05, 0) is 50.5 Å². The van der Waals surface area contributed by atoms with Crippen LogP contribution in [-0.4, -0.2) is 35.6 Å². The number of carbonyl (C=O) groups excluding carboxylic acids is 1. The van der Waals surface area contributed by atoms with E-state index >= 15 is 0 Å². The number of rotatable bonds is 10. The number of unbranched alkanes of at least 4 members (excludes halogenated alkanes) is 2. The highest BCUT2D eigenvalue weighted by molar-refractivity contribution is 7.80. The number of hydrazone groups is 1. The van der Waals surface area contributed by atoms with Crippen LogP contribution in [0.25, 0.3) is 0 Å². The number of nitrogens with zero attached hydrogens (tertiary/aromatic N) is 1. The minimum Gasteiger partial charge on any atom is -0.507 e. The summed E-state index contributed by atoms with van der Waals surface area (Å²) in [5.74, 6) is 0.450. The van der Waals surface area contributed by atoms with Crippen LogP contribution in [0.3, 0.4) is 0 Å². The molecule has 0 saturated heterocycles. The van der Waals surface area contributed by atoms with Crippen molar-refractivity contribution in [1.82, 2.24) is 5.43 Å². The van der Waals surface area contributed by atoms with Crippen LogP contribution >= 0.6 is 12.2 Å². The molecule has 0 aliphatic rings. The first-order valence-corrected chi connectivity index (χ1v) is 8.13. The van der Waals surface area contributed by atoms with Crippen LogP contribution in [0.1, 0.15) is 38.2 Å². The maximum absolute atomic E-state index is 11.2. The first-order valence-electron chi connectivity index (χ1n) is 7.73. The summed E-state index contributed by atoms with van der Waals surface area (Å²) in [4.78, 5) is 11.2. The van der Waals surface area contributed by atoms with Gasteiger partial charge in [-0.25, -0.2) is 0 Å². The topological polar surface area (TPSA) is 106 Å². The van der Waals surface area contributed by atoms with Gasteiger partial charge < -0.3 is 20.3 Å². The molecule has 7 nitrogen and oxygen atoms in total. The standard InChI is InChI=1S/C16H23N3O4S/c1-2-22-15(21)6-4-3-5-9-23-13-8-7-12(14(20)10-13)11-18-19-16(17)24/h7-8,10-11,20H,2-6,9H2,1H3,(H3,17,19,24)/b18-11+. The number of nitrogens with two attached hydrogens (primary N) is 1. The minimum atomic E-state index is -0.162. The lowest BCUT2D eigenvalue weighted by atomic mass is 10.2. The summed E-state index contributed by atoms with van der Waals surface area (Å²) >= 11 is 4.61. The van der Waals surface area contributed by atoms with Gasteiger partial charge in [0.15, 0.2) is 5.11 Å². The van der Waals surface area contributed by atoms with Crippen molar-refractivity contribution in [1.29, 1.82) is 0 Å². The lowest BCUT2D eigenvalue weighted by Crippen LogP contribution is -2.23. The second-order valence-electron chi connectivity index (χ2n) is 4.92. The zero-order valence-electron chi connectivity index (χ0n) is 13.7. The van der Waals surface area contributed by atoms with E-state index in [1.54, 1.807) is 19.1 Å². The number of phenolic OH excluding ortho intramolecular Hbond substituents is 1. The Labute approximate surface area is 146 Å². The van der Waals surface area contributed by atoms with Crippen molar-refractivity contribution in [3.63, 3.8) is 0 Å². The molecular formula is C16H23N3O4S. The molecule has 8 heteroatoms. The monoisotopic (exact) mass is 353 g/mol. The summed E-state index contributed by atoms with van der Waals surface area (Å²) in [5, 5.41) is 13.7. The summed E-state index contributed by atoms with van der Waals surface area (Å²) in [7, 11) is 0. The van der Waals surface area contributed by atoms with Crippen LogP contribution < -0.4 is 15.9 Å². The Hall–Kier alpha value is -2.35. The van der Waals surface area contributed by atoms with Crippen molar-refractivity contribution in [2.45, 2.75) is 32.6 Å². The molecule has 0 heterocycles. The molecule has 1 rings (SSSR count). The number of ether oxygens (including phenoxy) is 2. The summed E-state index contributed by atoms with van der Waals surface area (Å²) in [6.07, 6.45) is 4.32. The van der Waals surface area contributed by atoms with E-state index in [2.05, 4.69) is 22.7 Å². The molecule has 0 saturated carbocycles. The molecular weight excluding hydrogens is 330 g/mol. The molecule has 0 fully saturated rings. The van der Waals surface area contributed by atoms with Gasteiger partial charge in [0.2, 0.25) is 0 Å². The Morgan fingerprint density at radius 2 is 2.21 bits per heavy atom. The minimum absolute atomic E-state index is 0.0447. The molecule has 0 amide bonds. The first kappa shape index (κ1) is 19.7. The molecule has 0 spiro atoms. The average molecular weight is 353 g/mol. The molecule has 1 aromatic rings. The number of benzene rings is 1. The van der Waals surface area contributed by atoms with Crippen molar-refractivity contribution in [3.05, 3.63) is 23.8 Å². The van der Waals surface area contributed by atoms with Gasteiger partial charge in [-0.15, -0.1) is 0 Å². The van der Waals surface area contributed by atoms with Gasteiger partial charge in [0.1, 0.15) is 11.5 Å². The lowest BCUT2D eigenvalue weighted by Gasteiger charge is -2.08. The molecule has 132 valence electrons. The van der Waals surface area contributed by atoms with E-state index in [4.69, 9.17) is 15.2 Å². The fourth-order valence-electron chi connectivity index (χ4n) is 1.86. The molecule has 0 aliphatic carbocycles. The number of nitrogens with one attached hydrogen (secondary N) is 1. The molecule has 0 aromatic heterocycles. The first-order chi connectivity index (χ1) is 11.5. The molecule has 1 aromatic carbocycles. The average Bonchev–Trinajstić information content (AvgIpc) is 2.52. The van der Waals surface area contributed by atoms with E-state index in [-0.39, 0.29) is 16.8 Å². The van der Waals surface area contributed by atoms with Crippen molar-refractivity contribution < 1.29 is 19.4 Å². The molecule has 0 atom stereocenters. The van der Waals surface area contributed by atoms with E-state index in [0.717, 1.165) is 19.3 Å². The quantitative estimate of drug-likeness (QED) is 0.194. The number of carbonyl (C=O) groups is 1. The molecule has 0 bridgehead atoms. The number of esters is 1. The second kappa shape index (κ2) is 11.2. The predicted octanol–water partition coefficient (Wildman–Crippen LogP) is 2.06. The Morgan fingerprint density at radius 1 is 1.42 bits per heavy atom. The van der Waals surface area contributed by atoms with E-state index in [1.165, 1.54) is 12.3 Å². The summed E-state index contributed by atoms with van der Waals surface area (Å²) < 4.78 is 10.4. The van der Waals surface area contributed by atoms with Crippen molar-refractivity contribution >= 4 is 29.5 Å². The molecule has 0 unspecified atom stereocenters. The third kappa shape index (κ3) is 8.33. The summed E-state index contributed by atoms with van der Waals surface area (Å²) in [6.45, 7) is 2.72. The highest BCUT2D eigenvalue weighted by Gasteiger charge is 2.03. The Bertz CT molecular complexity index is 578. The number of thiocarbonyl (C=S) groups is 1. The highest BCUT2D eigenvalue weighted by atomic mass is 32.1. The third-order valence-electron chi connectivity index (χ3n) is 2.98. The van der Waals surface area contributed by atoms with Gasteiger partial charge in [-0.3, -0.25) is 10.2 Å². The lowest BCUT2D eigenvalue weighted by molar-refractivity contribution is -0.143. The van der Waals surface area contributed by atoms with E-state index in [1.807, 2.05) is 0 Å². The Balaban J connectivity index is 2.29. The van der Waals surface area contributed by atoms with E-state index < -0.39 is 0 Å². The maximum atomic E-state index is 11.2. The Kier molecular flexibility index (Phi) is 9.21. The maximum Gasteiger partial charge on any atom is 0.305 e. The van der Waals surface area contributed by atoms with Gasteiger partial charge in [0.25, 0.3) is 0 Å². The van der Waals surface area contributed by atoms with Crippen LogP contribution in [0.4, 0.5) is 0 Å². The van der Waals surface area contributed by atoms with Gasteiger partial charge in [-0.1, -0.05) is 0 Å². The number of aromatic hydroxyl groups is 1. The fourth-order valence-corrected chi connectivity index (χ4v) is 1.91. The van der Waals surface area contributed by atoms with Crippen LogP contribution in [-0.2, 0) is 9.53 Å². The smallest absolute Gasteiger partial charge is 0.305 e. The van der Waals surface area contributed by atoms with Crippen LogP contribution in [0.15, 0.2) is 23.3 Å². The molecule has 4 N–H and O–H groups in total. The molecule has 0 aliphatic heterocycles. The Morgan fingerprint density at radius 3 is 2.88 bits per heavy atom. The summed E-state index contributed by atoms with van der Waals surface area (Å²) in [5.41, 5.74) is 8.16. The van der Waals surface area contributed by atoms with Gasteiger partial charge in [0, 0.05) is 18.1 Å². The third-order valence-corrected chi connectivity index (χ3v) is 3.07. The van der Waals surface area contributed by atoms with E-state index in [9.17, 15) is 9.90 Å². The normalized spacial score (nSPS) is 10.5. The van der Waals surface area contributed by atoms with Gasteiger partial charge in [0.05, 0.1) is 19.4 Å².